The van der Waals surface area contributed by atoms with Crippen molar-refractivity contribution in [2.75, 3.05) is 27.9 Å². The molecule has 0 spiro atoms. The zero-order chi connectivity index (χ0) is 17.9. The SMILES string of the molecule is CCCCCCCCCCCCCCCCN[Si](OC)(OC)OC. The van der Waals surface area contributed by atoms with E-state index in [1.54, 1.807) is 21.3 Å². The van der Waals surface area contributed by atoms with Gasteiger partial charge in [-0.3, -0.25) is 4.98 Å². The van der Waals surface area contributed by atoms with Crippen LogP contribution >= 0.6 is 0 Å². The fraction of sp³-hybridized carbons (Fsp3) is 1.00. The van der Waals surface area contributed by atoms with E-state index in [1.165, 1.54) is 83.5 Å². The summed E-state index contributed by atoms with van der Waals surface area (Å²) in [6.45, 7) is 3.18. The van der Waals surface area contributed by atoms with Crippen molar-refractivity contribution in [2.24, 2.45) is 0 Å². The molecule has 1 N–H and O–H groups in total. The Morgan fingerprint density at radius 1 is 0.542 bits per heavy atom. The maximum atomic E-state index is 5.34. The third-order valence-corrected chi connectivity index (χ3v) is 6.97. The number of nitrogens with one attached hydrogen (secondary N) is 1. The zero-order valence-corrected chi connectivity index (χ0v) is 17.8. The maximum absolute atomic E-state index is 5.34. The first-order valence-electron chi connectivity index (χ1n) is 10.1. The maximum Gasteiger partial charge on any atom is 0.595 e. The van der Waals surface area contributed by atoms with E-state index in [0.29, 0.717) is 0 Å². The molecule has 0 aliphatic carbocycles. The van der Waals surface area contributed by atoms with Crippen LogP contribution in [0.15, 0.2) is 0 Å². The van der Waals surface area contributed by atoms with Crippen LogP contribution in [-0.2, 0) is 13.3 Å². The Kier molecular flexibility index (Phi) is 17.9. The highest BCUT2D eigenvalue weighted by atomic mass is 28.4. The van der Waals surface area contributed by atoms with Crippen LogP contribution in [0, 0.1) is 0 Å². The normalized spacial score (nSPS) is 12.0. The first-order chi connectivity index (χ1) is 11.7. The van der Waals surface area contributed by atoms with Crippen molar-refractivity contribution in [2.45, 2.75) is 96.8 Å². The van der Waals surface area contributed by atoms with E-state index in [0.717, 1.165) is 13.0 Å². The highest BCUT2D eigenvalue weighted by molar-refractivity contribution is 6.57. The molecule has 0 saturated heterocycles. The summed E-state index contributed by atoms with van der Waals surface area (Å²) in [5, 5.41) is 0. The summed E-state index contributed by atoms with van der Waals surface area (Å²) < 4.78 is 16.0. The predicted molar refractivity (Wildman–Crippen MR) is 105 cm³/mol. The molecule has 0 saturated carbocycles. The lowest BCUT2D eigenvalue weighted by Gasteiger charge is -2.24. The van der Waals surface area contributed by atoms with E-state index in [4.69, 9.17) is 13.3 Å². The molecular formula is C19H43NO3Si. The van der Waals surface area contributed by atoms with Crippen LogP contribution in [0.5, 0.6) is 0 Å². The number of unbranched alkanes of at least 4 members (excludes halogenated alkanes) is 13. The molecule has 0 bridgehead atoms. The molecule has 0 aliphatic rings. The summed E-state index contributed by atoms with van der Waals surface area (Å²) >= 11 is 0. The molecule has 146 valence electrons. The standard InChI is InChI=1S/C19H43NO3Si/c1-5-6-7-8-9-10-11-12-13-14-15-16-17-18-19-20-24(21-2,22-3)23-4/h20H,5-19H2,1-4H3. The van der Waals surface area contributed by atoms with Crippen molar-refractivity contribution in [3.63, 3.8) is 0 Å². The third kappa shape index (κ3) is 13.4. The van der Waals surface area contributed by atoms with Crippen LogP contribution in [0.4, 0.5) is 0 Å². The summed E-state index contributed by atoms with van der Waals surface area (Å²) in [4.78, 5) is 3.30. The molecular weight excluding hydrogens is 318 g/mol. The van der Waals surface area contributed by atoms with Gasteiger partial charge < -0.3 is 13.3 Å². The van der Waals surface area contributed by atoms with Crippen LogP contribution in [0.2, 0.25) is 0 Å². The van der Waals surface area contributed by atoms with Gasteiger partial charge in [0.05, 0.1) is 0 Å². The van der Waals surface area contributed by atoms with Crippen LogP contribution in [0.3, 0.4) is 0 Å². The van der Waals surface area contributed by atoms with Gasteiger partial charge in [0.2, 0.25) is 0 Å². The van der Waals surface area contributed by atoms with Gasteiger partial charge in [-0.25, -0.2) is 0 Å². The molecule has 0 amide bonds. The van der Waals surface area contributed by atoms with Gasteiger partial charge in [0.15, 0.2) is 0 Å². The topological polar surface area (TPSA) is 39.7 Å². The smallest absolute Gasteiger partial charge is 0.364 e. The Morgan fingerprint density at radius 2 is 0.875 bits per heavy atom. The number of rotatable bonds is 19. The second-order valence-corrected chi connectivity index (χ2v) is 9.38. The van der Waals surface area contributed by atoms with Crippen molar-refractivity contribution < 1.29 is 13.3 Å². The molecule has 0 aromatic rings. The minimum atomic E-state index is -2.57. The van der Waals surface area contributed by atoms with E-state index in [-0.39, 0.29) is 0 Å². The second kappa shape index (κ2) is 17.9. The molecule has 0 unspecified atom stereocenters. The Morgan fingerprint density at radius 3 is 1.21 bits per heavy atom. The summed E-state index contributed by atoms with van der Waals surface area (Å²) in [6, 6.07) is 0. The molecule has 5 heteroatoms. The predicted octanol–water partition coefficient (Wildman–Crippen LogP) is 5.43. The zero-order valence-electron chi connectivity index (χ0n) is 16.8. The van der Waals surface area contributed by atoms with Crippen LogP contribution in [0.1, 0.15) is 96.8 Å². The molecule has 0 heterocycles. The van der Waals surface area contributed by atoms with E-state index in [2.05, 4.69) is 11.9 Å². The van der Waals surface area contributed by atoms with Gasteiger partial charge in [0.25, 0.3) is 0 Å². The second-order valence-electron chi connectivity index (χ2n) is 6.69. The summed E-state index contributed by atoms with van der Waals surface area (Å²) in [6.07, 6.45) is 19.4. The molecule has 0 fully saturated rings. The molecule has 0 aromatic carbocycles. The first kappa shape index (κ1) is 24.1. The van der Waals surface area contributed by atoms with Crippen molar-refractivity contribution in [3.05, 3.63) is 0 Å². The average molecular weight is 362 g/mol. The minimum absolute atomic E-state index is 0.903. The molecule has 24 heavy (non-hydrogen) atoms. The Balaban J connectivity index is 3.23. The van der Waals surface area contributed by atoms with Crippen molar-refractivity contribution in [1.82, 2.24) is 4.98 Å². The van der Waals surface area contributed by atoms with Crippen LogP contribution in [0.25, 0.3) is 0 Å². The van der Waals surface area contributed by atoms with Crippen LogP contribution < -0.4 is 4.98 Å². The van der Waals surface area contributed by atoms with Gasteiger partial charge in [0, 0.05) is 21.3 Å². The van der Waals surface area contributed by atoms with E-state index < -0.39 is 8.97 Å². The first-order valence-corrected chi connectivity index (χ1v) is 11.9. The highest BCUT2D eigenvalue weighted by Crippen LogP contribution is 2.13. The fourth-order valence-corrected chi connectivity index (χ4v) is 4.44. The van der Waals surface area contributed by atoms with Gasteiger partial charge in [0.1, 0.15) is 0 Å². The minimum Gasteiger partial charge on any atom is -0.364 e. The lowest BCUT2D eigenvalue weighted by molar-refractivity contribution is 0.110. The Hall–Kier alpha value is 0.0569. The molecule has 0 aliphatic heterocycles. The molecule has 0 rings (SSSR count). The lowest BCUT2D eigenvalue weighted by Crippen LogP contribution is -2.57. The molecule has 4 nitrogen and oxygen atoms in total. The van der Waals surface area contributed by atoms with Crippen molar-refractivity contribution in [1.29, 1.82) is 0 Å². The van der Waals surface area contributed by atoms with Crippen molar-refractivity contribution >= 4 is 8.97 Å². The molecule has 0 atom stereocenters. The van der Waals surface area contributed by atoms with Gasteiger partial charge in [-0.15, -0.1) is 0 Å². The third-order valence-electron chi connectivity index (χ3n) is 4.68. The highest BCUT2D eigenvalue weighted by Gasteiger charge is 2.38. The Bertz CT molecular complexity index is 243. The monoisotopic (exact) mass is 361 g/mol. The van der Waals surface area contributed by atoms with Gasteiger partial charge in [-0.2, -0.15) is 0 Å². The summed E-state index contributed by atoms with van der Waals surface area (Å²) in [5.74, 6) is 0. The van der Waals surface area contributed by atoms with Crippen LogP contribution in [-0.4, -0.2) is 36.8 Å². The molecule has 0 aromatic heterocycles. The van der Waals surface area contributed by atoms with Gasteiger partial charge in [-0.1, -0.05) is 90.4 Å². The van der Waals surface area contributed by atoms with Gasteiger partial charge in [-0.05, 0) is 13.0 Å². The number of hydrogen-bond donors (Lipinski definition) is 1. The average Bonchev–Trinajstić information content (AvgIpc) is 2.62. The summed E-state index contributed by atoms with van der Waals surface area (Å²) in [7, 11) is 2.34. The van der Waals surface area contributed by atoms with E-state index in [9.17, 15) is 0 Å². The quantitative estimate of drug-likeness (QED) is 0.246. The largest absolute Gasteiger partial charge is 0.595 e. The number of hydrogen-bond acceptors (Lipinski definition) is 4. The van der Waals surface area contributed by atoms with Gasteiger partial charge >= 0.3 is 8.97 Å². The Labute approximate surface area is 152 Å². The lowest BCUT2D eigenvalue weighted by atomic mass is 10.0. The van der Waals surface area contributed by atoms with E-state index in [1.807, 2.05) is 0 Å². The summed E-state index contributed by atoms with van der Waals surface area (Å²) in [5.41, 5.74) is 0. The van der Waals surface area contributed by atoms with E-state index >= 15 is 0 Å². The fourth-order valence-electron chi connectivity index (χ4n) is 3.03. The molecule has 0 radical (unpaired) electrons. The van der Waals surface area contributed by atoms with Crippen molar-refractivity contribution in [3.8, 4) is 0 Å².